The lowest BCUT2D eigenvalue weighted by Crippen LogP contribution is -2.26. The van der Waals surface area contributed by atoms with Crippen molar-refractivity contribution in [2.24, 2.45) is 0 Å². The molecule has 0 fully saturated rings. The average Bonchev–Trinajstić information content (AvgIpc) is 3.59. The van der Waals surface area contributed by atoms with Crippen molar-refractivity contribution < 1.29 is 18.4 Å². The van der Waals surface area contributed by atoms with Crippen LogP contribution in [0.15, 0.2) is 76.9 Å². The van der Waals surface area contributed by atoms with Gasteiger partial charge in [-0.1, -0.05) is 43.3 Å². The highest BCUT2D eigenvalue weighted by Gasteiger charge is 2.31. The Balaban J connectivity index is 1.24. The van der Waals surface area contributed by atoms with E-state index in [1.807, 2.05) is 44.2 Å². The zero-order valence-corrected chi connectivity index (χ0v) is 21.6. The van der Waals surface area contributed by atoms with Gasteiger partial charge in [0.2, 0.25) is 5.89 Å². The van der Waals surface area contributed by atoms with Crippen molar-refractivity contribution in [2.45, 2.75) is 33.1 Å². The number of hydrogen-bond acceptors (Lipinski definition) is 5. The number of aromatic nitrogens is 3. The maximum Gasteiger partial charge on any atom is 0.259 e. The Morgan fingerprint density at radius 1 is 1.08 bits per heavy atom. The normalized spacial score (nSPS) is 14.8. The molecule has 2 heterocycles. The van der Waals surface area contributed by atoms with Crippen LogP contribution in [-0.4, -0.2) is 26.9 Å². The van der Waals surface area contributed by atoms with Crippen molar-refractivity contribution in [3.63, 3.8) is 0 Å². The van der Waals surface area contributed by atoms with Crippen LogP contribution in [0.5, 0.6) is 0 Å². The van der Waals surface area contributed by atoms with Gasteiger partial charge in [0.15, 0.2) is 11.4 Å². The van der Waals surface area contributed by atoms with E-state index < -0.39 is 17.5 Å². The highest BCUT2D eigenvalue weighted by molar-refractivity contribution is 6.30. The third-order valence-electron chi connectivity index (χ3n) is 7.18. The van der Waals surface area contributed by atoms with Gasteiger partial charge in [-0.3, -0.25) is 14.7 Å². The Hall–Kier alpha value is -4.85. The van der Waals surface area contributed by atoms with Crippen molar-refractivity contribution in [2.75, 3.05) is 5.32 Å². The Bertz CT molecular complexity index is 1800. The van der Waals surface area contributed by atoms with E-state index in [0.29, 0.717) is 40.4 Å². The van der Waals surface area contributed by atoms with Crippen LogP contribution < -0.4 is 5.32 Å². The molecule has 1 unspecified atom stereocenters. The number of allylic oxidation sites excluding steroid dienone is 1. The zero-order valence-electron chi connectivity index (χ0n) is 21.6. The number of rotatable bonds is 5. The summed E-state index contributed by atoms with van der Waals surface area (Å²) in [4.78, 5) is 30.9. The SMILES string of the molecule is CCC1C=C(C(=O)Nc2ccc(-c3n[nH]cc3-c3nc4c(C)cccc4o3)cc2)C(=O)c2cc(F)c(C)cc21. The molecule has 1 amide bonds. The molecule has 3 aromatic carbocycles. The number of ketones is 1. The molecule has 7 nitrogen and oxygen atoms in total. The fourth-order valence-electron chi connectivity index (χ4n) is 5.02. The van der Waals surface area contributed by atoms with E-state index in [1.54, 1.807) is 37.4 Å². The summed E-state index contributed by atoms with van der Waals surface area (Å²) in [6, 6.07) is 15.8. The standard InChI is InChI=1S/C31H25FN4O3/c1-4-18-13-23(29(37)22-14-25(32)17(3)12-21(18)22)30(38)34-20-10-8-19(9-11-20)28-24(15-33-36-28)31-35-27-16(2)6-5-7-26(27)39-31/h5-15,18H,4H2,1-3H3,(H,33,36)(H,34,38). The minimum absolute atomic E-state index is 0.0162. The van der Waals surface area contributed by atoms with E-state index in [2.05, 4.69) is 20.5 Å². The van der Waals surface area contributed by atoms with Gasteiger partial charge in [0.1, 0.15) is 17.0 Å². The second-order valence-electron chi connectivity index (χ2n) is 9.73. The first-order chi connectivity index (χ1) is 18.8. The lowest BCUT2D eigenvalue weighted by Gasteiger charge is -2.23. The van der Waals surface area contributed by atoms with Gasteiger partial charge in [-0.2, -0.15) is 5.10 Å². The number of Topliss-reactive ketones (excluding diaryl/α,β-unsaturated/α-hetero) is 1. The third-order valence-corrected chi connectivity index (χ3v) is 7.18. The number of benzene rings is 3. The van der Waals surface area contributed by atoms with Gasteiger partial charge in [0.25, 0.3) is 5.91 Å². The van der Waals surface area contributed by atoms with Crippen molar-refractivity contribution >= 4 is 28.5 Å². The average molecular weight is 521 g/mol. The van der Waals surface area contributed by atoms with Crippen LogP contribution in [0.25, 0.3) is 33.8 Å². The molecule has 6 rings (SSSR count). The summed E-state index contributed by atoms with van der Waals surface area (Å²) in [5.41, 5.74) is 6.70. The smallest absolute Gasteiger partial charge is 0.259 e. The summed E-state index contributed by atoms with van der Waals surface area (Å²) < 4.78 is 20.2. The molecule has 0 radical (unpaired) electrons. The van der Waals surface area contributed by atoms with Gasteiger partial charge in [-0.15, -0.1) is 0 Å². The number of amides is 1. The van der Waals surface area contributed by atoms with E-state index in [1.165, 1.54) is 6.07 Å². The van der Waals surface area contributed by atoms with Gasteiger partial charge in [-0.25, -0.2) is 9.37 Å². The monoisotopic (exact) mass is 520 g/mol. The van der Waals surface area contributed by atoms with Crippen molar-refractivity contribution in [1.82, 2.24) is 15.2 Å². The van der Waals surface area contributed by atoms with Gasteiger partial charge in [0, 0.05) is 28.9 Å². The number of aryl methyl sites for hydroxylation is 2. The molecule has 0 aliphatic heterocycles. The molecule has 0 spiro atoms. The number of fused-ring (bicyclic) bond motifs is 2. The summed E-state index contributed by atoms with van der Waals surface area (Å²) in [5, 5.41) is 10.1. The number of carbonyl (C=O) groups excluding carboxylic acids is 2. The van der Waals surface area contributed by atoms with Gasteiger partial charge < -0.3 is 9.73 Å². The molecule has 0 saturated heterocycles. The fraction of sp³-hybridized carbons (Fsp3) is 0.161. The first-order valence-electron chi connectivity index (χ1n) is 12.7. The van der Waals surface area contributed by atoms with E-state index in [0.717, 1.165) is 22.2 Å². The van der Waals surface area contributed by atoms with Crippen LogP contribution in [0.4, 0.5) is 10.1 Å². The quantitative estimate of drug-likeness (QED) is 0.246. The lowest BCUT2D eigenvalue weighted by atomic mass is 9.80. The Morgan fingerprint density at radius 2 is 1.87 bits per heavy atom. The van der Waals surface area contributed by atoms with E-state index >= 15 is 0 Å². The van der Waals surface area contributed by atoms with Crippen molar-refractivity contribution in [1.29, 1.82) is 0 Å². The highest BCUT2D eigenvalue weighted by Crippen LogP contribution is 2.35. The number of nitrogens with one attached hydrogen (secondary N) is 2. The summed E-state index contributed by atoms with van der Waals surface area (Å²) in [5.74, 6) is -1.15. The zero-order chi connectivity index (χ0) is 27.3. The van der Waals surface area contributed by atoms with Crippen molar-refractivity contribution in [3.05, 3.63) is 101 Å². The number of para-hydroxylation sites is 1. The number of halogens is 1. The van der Waals surface area contributed by atoms with Crippen LogP contribution in [0.2, 0.25) is 0 Å². The molecular formula is C31H25FN4O3. The number of aromatic amines is 1. The number of carbonyl (C=O) groups is 2. The number of nitrogens with zero attached hydrogens (tertiary/aromatic N) is 2. The summed E-state index contributed by atoms with van der Waals surface area (Å²) >= 11 is 0. The minimum Gasteiger partial charge on any atom is -0.436 e. The molecule has 1 aliphatic carbocycles. The van der Waals surface area contributed by atoms with E-state index in [-0.39, 0.29) is 17.1 Å². The maximum absolute atomic E-state index is 14.3. The molecule has 2 aromatic heterocycles. The van der Waals surface area contributed by atoms with Crippen LogP contribution in [-0.2, 0) is 4.79 Å². The molecule has 5 aromatic rings. The lowest BCUT2D eigenvalue weighted by molar-refractivity contribution is -0.112. The first-order valence-corrected chi connectivity index (χ1v) is 12.7. The summed E-state index contributed by atoms with van der Waals surface area (Å²) in [6.07, 6.45) is 4.10. The number of hydrogen-bond donors (Lipinski definition) is 2. The van der Waals surface area contributed by atoms with Crippen LogP contribution in [0, 0.1) is 19.7 Å². The molecule has 1 aliphatic rings. The predicted octanol–water partition coefficient (Wildman–Crippen LogP) is 6.90. The van der Waals surface area contributed by atoms with Gasteiger partial charge in [0.05, 0.1) is 11.1 Å². The highest BCUT2D eigenvalue weighted by atomic mass is 19.1. The second kappa shape index (κ2) is 9.47. The molecule has 0 saturated carbocycles. The van der Waals surface area contributed by atoms with Gasteiger partial charge in [-0.05, 0) is 61.2 Å². The molecular weight excluding hydrogens is 495 g/mol. The molecule has 39 heavy (non-hydrogen) atoms. The third kappa shape index (κ3) is 4.24. The van der Waals surface area contributed by atoms with Crippen molar-refractivity contribution in [3.8, 4) is 22.7 Å². The number of oxazole rings is 1. The maximum atomic E-state index is 14.3. The first kappa shape index (κ1) is 24.5. The fourth-order valence-corrected chi connectivity index (χ4v) is 5.02. The molecule has 1 atom stereocenters. The second-order valence-corrected chi connectivity index (χ2v) is 9.73. The molecule has 194 valence electrons. The molecule has 2 N–H and O–H groups in total. The topological polar surface area (TPSA) is 101 Å². The Morgan fingerprint density at radius 3 is 2.62 bits per heavy atom. The predicted molar refractivity (Wildman–Crippen MR) is 147 cm³/mol. The Kier molecular flexibility index (Phi) is 5.95. The number of H-pyrrole nitrogens is 1. The van der Waals surface area contributed by atoms with E-state index in [4.69, 9.17) is 4.42 Å². The number of anilines is 1. The van der Waals surface area contributed by atoms with Crippen LogP contribution >= 0.6 is 0 Å². The summed E-state index contributed by atoms with van der Waals surface area (Å²) in [7, 11) is 0. The van der Waals surface area contributed by atoms with E-state index in [9.17, 15) is 14.0 Å². The largest absolute Gasteiger partial charge is 0.436 e. The Labute approximate surface area is 223 Å². The van der Waals surface area contributed by atoms with Crippen LogP contribution in [0.1, 0.15) is 46.3 Å². The summed E-state index contributed by atoms with van der Waals surface area (Å²) in [6.45, 7) is 5.62. The van der Waals surface area contributed by atoms with Gasteiger partial charge >= 0.3 is 0 Å². The molecule has 8 heteroatoms. The van der Waals surface area contributed by atoms with Crippen LogP contribution in [0.3, 0.4) is 0 Å². The minimum atomic E-state index is -0.528. The molecule has 0 bridgehead atoms.